The lowest BCUT2D eigenvalue weighted by Crippen LogP contribution is -2.01. The van der Waals surface area contributed by atoms with Crippen LogP contribution in [0.5, 0.6) is 0 Å². The number of thiophene rings is 1. The van der Waals surface area contributed by atoms with Crippen molar-refractivity contribution >= 4 is 22.3 Å². The third kappa shape index (κ3) is 2.61. The van der Waals surface area contributed by atoms with Gasteiger partial charge in [-0.3, -0.25) is 0 Å². The van der Waals surface area contributed by atoms with Crippen LogP contribution in [-0.2, 0) is 6.54 Å². The van der Waals surface area contributed by atoms with Gasteiger partial charge in [0.2, 0.25) is 0 Å². The van der Waals surface area contributed by atoms with Gasteiger partial charge in [0.1, 0.15) is 0 Å². The lowest BCUT2D eigenvalue weighted by atomic mass is 10.1. The van der Waals surface area contributed by atoms with Crippen LogP contribution in [0, 0.1) is 0 Å². The van der Waals surface area contributed by atoms with E-state index in [1.165, 1.54) is 0 Å². The van der Waals surface area contributed by atoms with Gasteiger partial charge in [0.15, 0.2) is 0 Å². The average Bonchev–Trinajstić information content (AvgIpc) is 2.79. The summed E-state index contributed by atoms with van der Waals surface area (Å²) in [6, 6.07) is 10.9. The molecule has 0 bridgehead atoms. The summed E-state index contributed by atoms with van der Waals surface area (Å²) in [6.45, 7) is 0.641. The summed E-state index contributed by atoms with van der Waals surface area (Å²) in [5.74, 6) is -0.891. The highest BCUT2D eigenvalue weighted by Crippen LogP contribution is 2.16. The fraction of sp³-hybridized carbons (Fsp3) is 0.0833. The number of rotatable bonds is 4. The molecular weight excluding hydrogens is 222 g/mol. The number of carboxylic acids is 1. The summed E-state index contributed by atoms with van der Waals surface area (Å²) < 4.78 is 0. The maximum absolute atomic E-state index is 10.8. The molecule has 0 aliphatic rings. The average molecular weight is 233 g/mol. The summed E-state index contributed by atoms with van der Waals surface area (Å²) in [6.07, 6.45) is 0. The maximum Gasteiger partial charge on any atom is 0.335 e. The number of anilines is 1. The lowest BCUT2D eigenvalue weighted by molar-refractivity contribution is 0.0697. The largest absolute Gasteiger partial charge is 0.478 e. The van der Waals surface area contributed by atoms with Gasteiger partial charge in [-0.1, -0.05) is 12.1 Å². The molecule has 0 amide bonds. The SMILES string of the molecule is O=C(O)c1cccc(CNc2cccs2)c1. The van der Waals surface area contributed by atoms with Gasteiger partial charge in [0.25, 0.3) is 0 Å². The Morgan fingerprint density at radius 3 is 2.88 bits per heavy atom. The molecule has 0 aliphatic carbocycles. The lowest BCUT2D eigenvalue weighted by Gasteiger charge is -2.04. The van der Waals surface area contributed by atoms with E-state index >= 15 is 0 Å². The number of nitrogens with one attached hydrogen (secondary N) is 1. The number of hydrogen-bond donors (Lipinski definition) is 2. The highest BCUT2D eigenvalue weighted by molar-refractivity contribution is 7.14. The van der Waals surface area contributed by atoms with Crippen LogP contribution in [0.4, 0.5) is 5.00 Å². The van der Waals surface area contributed by atoms with Crippen LogP contribution in [0.1, 0.15) is 15.9 Å². The van der Waals surface area contributed by atoms with Gasteiger partial charge < -0.3 is 10.4 Å². The molecule has 0 spiro atoms. The predicted molar refractivity (Wildman–Crippen MR) is 65.0 cm³/mol. The summed E-state index contributed by atoms with van der Waals surface area (Å²) in [5, 5.41) is 15.2. The van der Waals surface area contributed by atoms with Crippen LogP contribution in [0.15, 0.2) is 41.8 Å². The standard InChI is InChI=1S/C12H11NO2S/c14-12(15)10-4-1-3-9(7-10)8-13-11-5-2-6-16-11/h1-7,13H,8H2,(H,14,15). The molecule has 0 saturated heterocycles. The van der Waals surface area contributed by atoms with Gasteiger partial charge in [0.05, 0.1) is 10.6 Å². The predicted octanol–water partition coefficient (Wildman–Crippen LogP) is 3.06. The molecule has 3 nitrogen and oxygen atoms in total. The normalized spacial score (nSPS) is 10.0. The topological polar surface area (TPSA) is 49.3 Å². The molecule has 1 aromatic carbocycles. The van der Waals surface area contributed by atoms with Crippen molar-refractivity contribution in [2.45, 2.75) is 6.54 Å². The summed E-state index contributed by atoms with van der Waals surface area (Å²) >= 11 is 1.63. The summed E-state index contributed by atoms with van der Waals surface area (Å²) in [7, 11) is 0. The van der Waals surface area contributed by atoms with Crippen molar-refractivity contribution in [1.29, 1.82) is 0 Å². The van der Waals surface area contributed by atoms with Crippen molar-refractivity contribution in [2.24, 2.45) is 0 Å². The Morgan fingerprint density at radius 1 is 1.31 bits per heavy atom. The minimum Gasteiger partial charge on any atom is -0.478 e. The highest BCUT2D eigenvalue weighted by atomic mass is 32.1. The molecule has 1 aromatic heterocycles. The first-order valence-electron chi connectivity index (χ1n) is 4.85. The Morgan fingerprint density at radius 2 is 2.19 bits per heavy atom. The Hall–Kier alpha value is -1.81. The Balaban J connectivity index is 2.04. The fourth-order valence-corrected chi connectivity index (χ4v) is 2.00. The van der Waals surface area contributed by atoms with E-state index in [1.54, 1.807) is 29.5 Å². The zero-order valence-electron chi connectivity index (χ0n) is 8.51. The minimum atomic E-state index is -0.891. The van der Waals surface area contributed by atoms with Crippen LogP contribution in [-0.4, -0.2) is 11.1 Å². The molecule has 1 heterocycles. The first-order chi connectivity index (χ1) is 7.75. The van der Waals surface area contributed by atoms with Gasteiger partial charge in [-0.05, 0) is 35.2 Å². The van der Waals surface area contributed by atoms with Crippen molar-refractivity contribution in [3.8, 4) is 0 Å². The molecule has 0 atom stereocenters. The Kier molecular flexibility index (Phi) is 3.22. The van der Waals surface area contributed by atoms with E-state index in [1.807, 2.05) is 23.6 Å². The molecule has 0 unspecified atom stereocenters. The maximum atomic E-state index is 10.8. The molecule has 2 N–H and O–H groups in total. The van der Waals surface area contributed by atoms with Crippen molar-refractivity contribution < 1.29 is 9.90 Å². The second kappa shape index (κ2) is 4.81. The number of hydrogen-bond acceptors (Lipinski definition) is 3. The van der Waals surface area contributed by atoms with E-state index in [-0.39, 0.29) is 0 Å². The van der Waals surface area contributed by atoms with Crippen LogP contribution in [0.25, 0.3) is 0 Å². The van der Waals surface area contributed by atoms with Crippen molar-refractivity contribution in [3.05, 3.63) is 52.9 Å². The van der Waals surface area contributed by atoms with Crippen LogP contribution >= 0.6 is 11.3 Å². The fourth-order valence-electron chi connectivity index (χ4n) is 1.38. The molecule has 4 heteroatoms. The first kappa shape index (κ1) is 10.7. The summed E-state index contributed by atoms with van der Waals surface area (Å²) in [5.41, 5.74) is 1.29. The first-order valence-corrected chi connectivity index (χ1v) is 5.73. The van der Waals surface area contributed by atoms with Crippen LogP contribution in [0.3, 0.4) is 0 Å². The van der Waals surface area contributed by atoms with E-state index in [0.717, 1.165) is 10.6 Å². The van der Waals surface area contributed by atoms with E-state index in [9.17, 15) is 4.79 Å². The number of carboxylic acid groups (broad SMARTS) is 1. The van der Waals surface area contributed by atoms with E-state index < -0.39 is 5.97 Å². The summed E-state index contributed by atoms with van der Waals surface area (Å²) in [4.78, 5) is 10.8. The Labute approximate surface area is 97.4 Å². The van der Waals surface area contributed by atoms with Gasteiger partial charge in [0, 0.05) is 6.54 Å². The third-order valence-electron chi connectivity index (χ3n) is 2.16. The van der Waals surface area contributed by atoms with Crippen molar-refractivity contribution in [1.82, 2.24) is 0 Å². The van der Waals surface area contributed by atoms with Gasteiger partial charge in [-0.15, -0.1) is 11.3 Å². The second-order valence-electron chi connectivity index (χ2n) is 3.34. The van der Waals surface area contributed by atoms with E-state index in [0.29, 0.717) is 12.1 Å². The quantitative estimate of drug-likeness (QED) is 0.853. The molecule has 0 fully saturated rings. The number of aromatic carboxylic acids is 1. The smallest absolute Gasteiger partial charge is 0.335 e. The van der Waals surface area contributed by atoms with Crippen LogP contribution < -0.4 is 5.32 Å². The monoisotopic (exact) mass is 233 g/mol. The van der Waals surface area contributed by atoms with Crippen LogP contribution in [0.2, 0.25) is 0 Å². The number of benzene rings is 1. The molecule has 0 saturated carbocycles. The minimum absolute atomic E-state index is 0.325. The van der Waals surface area contributed by atoms with Crippen molar-refractivity contribution in [2.75, 3.05) is 5.32 Å². The zero-order chi connectivity index (χ0) is 11.4. The Bertz CT molecular complexity index is 480. The molecule has 2 aromatic rings. The molecule has 2 rings (SSSR count). The van der Waals surface area contributed by atoms with E-state index in [4.69, 9.17) is 5.11 Å². The number of carbonyl (C=O) groups is 1. The highest BCUT2D eigenvalue weighted by Gasteiger charge is 2.02. The molecule has 82 valence electrons. The molecule has 0 aliphatic heterocycles. The van der Waals surface area contributed by atoms with Gasteiger partial charge in [-0.25, -0.2) is 4.79 Å². The van der Waals surface area contributed by atoms with E-state index in [2.05, 4.69) is 5.32 Å². The second-order valence-corrected chi connectivity index (χ2v) is 4.28. The molecular formula is C12H11NO2S. The molecule has 16 heavy (non-hydrogen) atoms. The zero-order valence-corrected chi connectivity index (χ0v) is 9.33. The van der Waals surface area contributed by atoms with Crippen molar-refractivity contribution in [3.63, 3.8) is 0 Å². The van der Waals surface area contributed by atoms with Gasteiger partial charge in [-0.2, -0.15) is 0 Å². The van der Waals surface area contributed by atoms with Gasteiger partial charge >= 0.3 is 5.97 Å². The molecule has 0 radical (unpaired) electrons. The third-order valence-corrected chi connectivity index (χ3v) is 2.99.